The van der Waals surface area contributed by atoms with Crippen molar-refractivity contribution in [2.24, 2.45) is 0 Å². The smallest absolute Gasteiger partial charge is 0.408 e. The summed E-state index contributed by atoms with van der Waals surface area (Å²) in [7, 11) is 0. The number of nitrogens with one attached hydrogen (secondary N) is 2. The lowest BCUT2D eigenvalue weighted by molar-refractivity contribution is -0.123. The molecule has 2 amide bonds. The van der Waals surface area contributed by atoms with Gasteiger partial charge in [0.15, 0.2) is 0 Å². The van der Waals surface area contributed by atoms with Crippen molar-refractivity contribution in [1.82, 2.24) is 10.6 Å². The van der Waals surface area contributed by atoms with Crippen molar-refractivity contribution >= 4 is 23.8 Å². The van der Waals surface area contributed by atoms with Crippen LogP contribution in [0.5, 0.6) is 0 Å². The van der Waals surface area contributed by atoms with Gasteiger partial charge in [0.05, 0.1) is 0 Å². The number of alkyl carbamates (subject to hydrolysis) is 1. The van der Waals surface area contributed by atoms with E-state index in [0.717, 1.165) is 11.5 Å². The van der Waals surface area contributed by atoms with Gasteiger partial charge in [-0.1, -0.05) is 0 Å². The van der Waals surface area contributed by atoms with Crippen LogP contribution in [-0.4, -0.2) is 41.7 Å². The Balaban J connectivity index is 2.47. The van der Waals surface area contributed by atoms with Crippen LogP contribution >= 0.6 is 11.8 Å². The molecule has 0 saturated carbocycles. The molecule has 0 aromatic carbocycles. The lowest BCUT2D eigenvalue weighted by Gasteiger charge is -2.24. The summed E-state index contributed by atoms with van der Waals surface area (Å²) in [6.07, 6.45) is 0.0960. The Hall–Kier alpha value is -0.910. The summed E-state index contributed by atoms with van der Waals surface area (Å²) in [6.45, 7) is 6.03. The Kier molecular flexibility index (Phi) is 5.11. The molecule has 0 spiro atoms. The Morgan fingerprint density at radius 3 is 2.82 bits per heavy atom. The maximum atomic E-state index is 11.7. The molecule has 1 aliphatic heterocycles. The van der Waals surface area contributed by atoms with Crippen molar-refractivity contribution in [2.75, 3.05) is 18.1 Å². The number of hydrogen-bond acceptors (Lipinski definition) is 4. The van der Waals surface area contributed by atoms with E-state index in [1.807, 2.05) is 0 Å². The third-order valence-electron chi connectivity index (χ3n) is 2.10. The fraction of sp³-hybridized carbons (Fsp3) is 0.818. The zero-order chi connectivity index (χ0) is 12.9. The van der Waals surface area contributed by atoms with Gasteiger partial charge < -0.3 is 15.4 Å². The van der Waals surface area contributed by atoms with E-state index >= 15 is 0 Å². The molecule has 98 valence electrons. The molecule has 0 bridgehead atoms. The van der Waals surface area contributed by atoms with Crippen LogP contribution in [0.15, 0.2) is 0 Å². The molecular formula is C11H20N2O3S. The molecule has 0 radical (unpaired) electrons. The van der Waals surface area contributed by atoms with Gasteiger partial charge in [0.25, 0.3) is 0 Å². The quantitative estimate of drug-likeness (QED) is 0.742. The van der Waals surface area contributed by atoms with Crippen molar-refractivity contribution in [2.45, 2.75) is 38.8 Å². The molecule has 0 aromatic rings. The van der Waals surface area contributed by atoms with Crippen molar-refractivity contribution in [3.8, 4) is 0 Å². The Bertz CT molecular complexity index is 289. The summed E-state index contributed by atoms with van der Waals surface area (Å²) in [4.78, 5) is 23.2. The van der Waals surface area contributed by atoms with E-state index in [4.69, 9.17) is 4.74 Å². The standard InChI is InChI=1S/C11H20N2O3S/c1-11(2,3)16-10(15)13-8-4-6-17-7-5-12-9(8)14/h8H,4-7H2,1-3H3,(H,12,14)(H,13,15). The van der Waals surface area contributed by atoms with Crippen molar-refractivity contribution in [1.29, 1.82) is 0 Å². The third kappa shape index (κ3) is 5.81. The van der Waals surface area contributed by atoms with E-state index in [9.17, 15) is 9.59 Å². The van der Waals surface area contributed by atoms with Gasteiger partial charge in [-0.3, -0.25) is 4.79 Å². The molecular weight excluding hydrogens is 240 g/mol. The summed E-state index contributed by atoms with van der Waals surface area (Å²) in [6, 6.07) is -0.488. The molecule has 0 aromatic heterocycles. The van der Waals surface area contributed by atoms with Gasteiger partial charge in [-0.05, 0) is 32.9 Å². The first-order chi connectivity index (χ1) is 7.88. The topological polar surface area (TPSA) is 67.4 Å². The van der Waals surface area contributed by atoms with Crippen molar-refractivity contribution in [3.05, 3.63) is 0 Å². The molecule has 1 atom stereocenters. The monoisotopic (exact) mass is 260 g/mol. The number of rotatable bonds is 1. The van der Waals surface area contributed by atoms with Crippen LogP contribution in [0.2, 0.25) is 0 Å². The van der Waals surface area contributed by atoms with E-state index in [-0.39, 0.29) is 5.91 Å². The molecule has 1 fully saturated rings. The summed E-state index contributed by atoms with van der Waals surface area (Å²) in [5, 5.41) is 5.38. The average Bonchev–Trinajstić information content (AvgIpc) is 2.15. The predicted octanol–water partition coefficient (Wildman–Crippen LogP) is 1.13. The highest BCUT2D eigenvalue weighted by atomic mass is 32.2. The Labute approximate surface area is 106 Å². The molecule has 0 aliphatic carbocycles. The molecule has 1 rings (SSSR count). The van der Waals surface area contributed by atoms with Crippen LogP contribution in [0.25, 0.3) is 0 Å². The zero-order valence-corrected chi connectivity index (χ0v) is 11.4. The largest absolute Gasteiger partial charge is 0.444 e. The number of thioether (sulfide) groups is 1. The van der Waals surface area contributed by atoms with Gasteiger partial charge >= 0.3 is 6.09 Å². The third-order valence-corrected chi connectivity index (χ3v) is 3.12. The number of carbonyl (C=O) groups excluding carboxylic acids is 2. The maximum absolute atomic E-state index is 11.7. The van der Waals surface area contributed by atoms with Gasteiger partial charge in [0, 0.05) is 12.3 Å². The number of amides is 2. The van der Waals surface area contributed by atoms with Crippen LogP contribution in [-0.2, 0) is 9.53 Å². The first-order valence-corrected chi connectivity index (χ1v) is 6.89. The number of hydrogen-bond donors (Lipinski definition) is 2. The molecule has 1 unspecified atom stereocenters. The Morgan fingerprint density at radius 2 is 2.18 bits per heavy atom. The van der Waals surface area contributed by atoms with Gasteiger partial charge in [0.1, 0.15) is 11.6 Å². The van der Waals surface area contributed by atoms with E-state index in [1.54, 1.807) is 32.5 Å². The minimum atomic E-state index is -0.545. The van der Waals surface area contributed by atoms with E-state index in [2.05, 4.69) is 10.6 Å². The van der Waals surface area contributed by atoms with E-state index in [0.29, 0.717) is 13.0 Å². The lowest BCUT2D eigenvalue weighted by atomic mass is 10.2. The molecule has 1 aliphatic rings. The summed E-state index contributed by atoms with van der Waals surface area (Å²) in [5.41, 5.74) is -0.545. The highest BCUT2D eigenvalue weighted by Crippen LogP contribution is 2.10. The fourth-order valence-electron chi connectivity index (χ4n) is 1.39. The normalized spacial score (nSPS) is 22.1. The van der Waals surface area contributed by atoms with Gasteiger partial charge in [-0.15, -0.1) is 0 Å². The zero-order valence-electron chi connectivity index (χ0n) is 10.5. The summed E-state index contributed by atoms with van der Waals surface area (Å²) in [5.74, 6) is 1.66. The van der Waals surface area contributed by atoms with Crippen LogP contribution in [0, 0.1) is 0 Å². The SMILES string of the molecule is CC(C)(C)OC(=O)NC1CCSCCNC1=O. The van der Waals surface area contributed by atoms with Crippen molar-refractivity contribution < 1.29 is 14.3 Å². The average molecular weight is 260 g/mol. The van der Waals surface area contributed by atoms with E-state index < -0.39 is 17.7 Å². The molecule has 1 saturated heterocycles. The molecule has 2 N–H and O–H groups in total. The summed E-state index contributed by atoms with van der Waals surface area (Å²) >= 11 is 1.77. The Morgan fingerprint density at radius 1 is 1.47 bits per heavy atom. The summed E-state index contributed by atoms with van der Waals surface area (Å²) < 4.78 is 5.12. The van der Waals surface area contributed by atoms with Crippen LogP contribution < -0.4 is 10.6 Å². The second kappa shape index (κ2) is 6.14. The van der Waals surface area contributed by atoms with Crippen LogP contribution in [0.1, 0.15) is 27.2 Å². The second-order valence-electron chi connectivity index (χ2n) is 4.89. The maximum Gasteiger partial charge on any atom is 0.408 e. The molecule has 5 nitrogen and oxygen atoms in total. The number of ether oxygens (including phenoxy) is 1. The second-order valence-corrected chi connectivity index (χ2v) is 6.12. The van der Waals surface area contributed by atoms with Gasteiger partial charge in [-0.25, -0.2) is 4.79 Å². The van der Waals surface area contributed by atoms with Crippen LogP contribution in [0.3, 0.4) is 0 Å². The molecule has 1 heterocycles. The minimum absolute atomic E-state index is 0.129. The van der Waals surface area contributed by atoms with Gasteiger partial charge in [0.2, 0.25) is 5.91 Å². The highest BCUT2D eigenvalue weighted by Gasteiger charge is 2.24. The van der Waals surface area contributed by atoms with E-state index in [1.165, 1.54) is 0 Å². The lowest BCUT2D eigenvalue weighted by Crippen LogP contribution is -2.49. The molecule has 17 heavy (non-hydrogen) atoms. The van der Waals surface area contributed by atoms with Gasteiger partial charge in [-0.2, -0.15) is 11.8 Å². The first kappa shape index (κ1) is 14.2. The highest BCUT2D eigenvalue weighted by molar-refractivity contribution is 7.99. The fourth-order valence-corrected chi connectivity index (χ4v) is 2.24. The van der Waals surface area contributed by atoms with Crippen LogP contribution in [0.4, 0.5) is 4.79 Å². The number of carbonyl (C=O) groups is 2. The molecule has 6 heteroatoms. The minimum Gasteiger partial charge on any atom is -0.444 e. The van der Waals surface area contributed by atoms with Crippen molar-refractivity contribution in [3.63, 3.8) is 0 Å². The predicted molar refractivity (Wildman–Crippen MR) is 68.1 cm³/mol. The first-order valence-electron chi connectivity index (χ1n) is 5.73.